The summed E-state index contributed by atoms with van der Waals surface area (Å²) in [6.07, 6.45) is -0.909. The molecule has 164 valence electrons. The lowest BCUT2D eigenvalue weighted by molar-refractivity contribution is 0.0697. The van der Waals surface area contributed by atoms with E-state index in [-0.39, 0.29) is 23.2 Å². The molecule has 0 atom stereocenters. The standard InChI is InChI=1S/C22H17ClN2O6S/c23-18-10-19(16(21(26)27)9-20(18)32(24,29)30)25-22(28)31-11-17-14-7-3-1-5-12(14)13-6-2-4-8-15(13)17/h1-10,17H,11H2,(H,25,28)(H,26,27)(H2,24,29,30). The molecule has 4 N–H and O–H groups in total. The number of aromatic carboxylic acids is 1. The van der Waals surface area contributed by atoms with Crippen LogP contribution in [-0.4, -0.2) is 32.2 Å². The molecule has 1 aliphatic carbocycles. The fourth-order valence-electron chi connectivity index (χ4n) is 3.80. The number of rotatable bonds is 5. The highest BCUT2D eigenvalue weighted by atomic mass is 35.5. The Labute approximate surface area is 188 Å². The number of benzene rings is 3. The van der Waals surface area contributed by atoms with E-state index in [4.69, 9.17) is 21.5 Å². The predicted octanol–water partition coefficient (Wildman–Crippen LogP) is 4.05. The van der Waals surface area contributed by atoms with Crippen molar-refractivity contribution in [1.29, 1.82) is 0 Å². The van der Waals surface area contributed by atoms with Gasteiger partial charge in [-0.2, -0.15) is 0 Å². The summed E-state index contributed by atoms with van der Waals surface area (Å²) >= 11 is 5.92. The van der Waals surface area contributed by atoms with E-state index in [0.717, 1.165) is 34.4 Å². The van der Waals surface area contributed by atoms with Gasteiger partial charge in [0.05, 0.1) is 16.3 Å². The van der Waals surface area contributed by atoms with Crippen LogP contribution in [0.2, 0.25) is 5.02 Å². The minimum Gasteiger partial charge on any atom is -0.478 e. The summed E-state index contributed by atoms with van der Waals surface area (Å²) in [4.78, 5) is 23.5. The molecule has 0 saturated heterocycles. The number of fused-ring (bicyclic) bond motifs is 3. The minimum absolute atomic E-state index is 0.0191. The first-order valence-electron chi connectivity index (χ1n) is 9.38. The Hall–Kier alpha value is -3.40. The number of hydrogen-bond donors (Lipinski definition) is 3. The van der Waals surface area contributed by atoms with Crippen molar-refractivity contribution in [1.82, 2.24) is 0 Å². The van der Waals surface area contributed by atoms with Gasteiger partial charge in [-0.1, -0.05) is 60.1 Å². The van der Waals surface area contributed by atoms with Crippen LogP contribution in [0.4, 0.5) is 10.5 Å². The van der Waals surface area contributed by atoms with Crippen LogP contribution in [0.3, 0.4) is 0 Å². The second-order valence-electron chi connectivity index (χ2n) is 7.13. The molecule has 0 spiro atoms. The summed E-state index contributed by atoms with van der Waals surface area (Å²) in [6.45, 7) is 0.0191. The molecular weight excluding hydrogens is 456 g/mol. The minimum atomic E-state index is -4.25. The number of carbonyl (C=O) groups excluding carboxylic acids is 1. The van der Waals surface area contributed by atoms with Crippen molar-refractivity contribution in [2.24, 2.45) is 5.14 Å². The van der Waals surface area contributed by atoms with Gasteiger partial charge in [0.1, 0.15) is 11.5 Å². The third-order valence-electron chi connectivity index (χ3n) is 5.19. The molecule has 0 unspecified atom stereocenters. The number of primary sulfonamides is 1. The molecule has 0 fully saturated rings. The van der Waals surface area contributed by atoms with E-state index < -0.39 is 32.5 Å². The van der Waals surface area contributed by atoms with Crippen LogP contribution in [-0.2, 0) is 14.8 Å². The van der Waals surface area contributed by atoms with Gasteiger partial charge in [0.25, 0.3) is 0 Å². The van der Waals surface area contributed by atoms with Crippen LogP contribution in [0, 0.1) is 0 Å². The van der Waals surface area contributed by atoms with Crippen molar-refractivity contribution in [3.63, 3.8) is 0 Å². The average molecular weight is 473 g/mol. The van der Waals surface area contributed by atoms with E-state index in [1.807, 2.05) is 48.5 Å². The van der Waals surface area contributed by atoms with Gasteiger partial charge in [-0.05, 0) is 34.4 Å². The number of sulfonamides is 1. The maximum absolute atomic E-state index is 12.4. The molecule has 0 saturated carbocycles. The van der Waals surface area contributed by atoms with Crippen molar-refractivity contribution in [3.8, 4) is 11.1 Å². The van der Waals surface area contributed by atoms with E-state index in [0.29, 0.717) is 0 Å². The largest absolute Gasteiger partial charge is 0.478 e. The summed E-state index contributed by atoms with van der Waals surface area (Å²) in [5.74, 6) is -1.65. The zero-order chi connectivity index (χ0) is 23.0. The van der Waals surface area contributed by atoms with Crippen molar-refractivity contribution in [2.45, 2.75) is 10.8 Å². The van der Waals surface area contributed by atoms with Crippen LogP contribution in [0.1, 0.15) is 27.4 Å². The maximum Gasteiger partial charge on any atom is 0.411 e. The van der Waals surface area contributed by atoms with Crippen LogP contribution >= 0.6 is 11.6 Å². The van der Waals surface area contributed by atoms with Gasteiger partial charge in [-0.25, -0.2) is 23.1 Å². The lowest BCUT2D eigenvalue weighted by Crippen LogP contribution is -2.20. The molecular formula is C22H17ClN2O6S. The molecule has 4 rings (SSSR count). The molecule has 0 radical (unpaired) electrons. The first-order chi connectivity index (χ1) is 15.2. The first kappa shape index (κ1) is 21.8. The lowest BCUT2D eigenvalue weighted by atomic mass is 9.98. The molecule has 0 aromatic heterocycles. The molecule has 0 bridgehead atoms. The number of carboxylic acid groups (broad SMARTS) is 1. The number of anilines is 1. The number of carbonyl (C=O) groups is 2. The second kappa shape index (κ2) is 8.27. The van der Waals surface area contributed by atoms with Crippen LogP contribution in [0.15, 0.2) is 65.6 Å². The Kier molecular flexibility index (Phi) is 5.64. The first-order valence-corrected chi connectivity index (χ1v) is 11.3. The van der Waals surface area contributed by atoms with Crippen molar-refractivity contribution in [3.05, 3.63) is 82.4 Å². The number of nitrogens with one attached hydrogen (secondary N) is 1. The number of hydrogen-bond acceptors (Lipinski definition) is 5. The van der Waals surface area contributed by atoms with Gasteiger partial charge in [0.2, 0.25) is 10.0 Å². The Morgan fingerprint density at radius 2 is 1.59 bits per heavy atom. The number of nitrogens with two attached hydrogens (primary N) is 1. The number of carboxylic acids is 1. The van der Waals surface area contributed by atoms with E-state index in [1.54, 1.807) is 0 Å². The Balaban J connectivity index is 1.56. The Morgan fingerprint density at radius 3 is 2.12 bits per heavy atom. The van der Waals surface area contributed by atoms with Gasteiger partial charge in [0.15, 0.2) is 0 Å². The van der Waals surface area contributed by atoms with E-state index in [2.05, 4.69) is 5.32 Å². The van der Waals surface area contributed by atoms with Gasteiger partial charge >= 0.3 is 12.1 Å². The van der Waals surface area contributed by atoms with E-state index in [1.165, 1.54) is 0 Å². The smallest absolute Gasteiger partial charge is 0.411 e. The summed E-state index contributed by atoms with van der Waals surface area (Å²) in [6, 6.07) is 17.4. The zero-order valence-corrected chi connectivity index (χ0v) is 18.0. The number of ether oxygens (including phenoxy) is 1. The second-order valence-corrected chi connectivity index (χ2v) is 9.07. The van der Waals surface area contributed by atoms with Crippen molar-refractivity contribution >= 4 is 39.4 Å². The Bertz CT molecular complexity index is 1310. The number of amides is 1. The summed E-state index contributed by atoms with van der Waals surface area (Å²) in [5.41, 5.74) is 3.46. The normalized spacial score (nSPS) is 12.7. The molecule has 0 heterocycles. The molecule has 3 aromatic rings. The molecule has 8 nitrogen and oxygen atoms in total. The van der Waals surface area contributed by atoms with E-state index >= 15 is 0 Å². The number of halogens is 1. The fourth-order valence-corrected chi connectivity index (χ4v) is 4.90. The Morgan fingerprint density at radius 1 is 1.03 bits per heavy atom. The molecule has 3 aromatic carbocycles. The summed E-state index contributed by atoms with van der Waals surface area (Å²) in [5, 5.41) is 16.5. The highest BCUT2D eigenvalue weighted by molar-refractivity contribution is 7.89. The van der Waals surface area contributed by atoms with Gasteiger partial charge in [0, 0.05) is 5.92 Å². The highest BCUT2D eigenvalue weighted by Crippen LogP contribution is 2.44. The predicted molar refractivity (Wildman–Crippen MR) is 118 cm³/mol. The van der Waals surface area contributed by atoms with Gasteiger partial charge < -0.3 is 9.84 Å². The fraction of sp³-hybridized carbons (Fsp3) is 0.0909. The molecule has 32 heavy (non-hydrogen) atoms. The summed E-state index contributed by atoms with van der Waals surface area (Å²) in [7, 11) is -4.25. The van der Waals surface area contributed by atoms with E-state index in [9.17, 15) is 23.1 Å². The van der Waals surface area contributed by atoms with Gasteiger partial charge in [-0.15, -0.1) is 0 Å². The van der Waals surface area contributed by atoms with Crippen molar-refractivity contribution < 1.29 is 27.9 Å². The third kappa shape index (κ3) is 4.05. The highest BCUT2D eigenvalue weighted by Gasteiger charge is 2.29. The maximum atomic E-state index is 12.4. The zero-order valence-electron chi connectivity index (χ0n) is 16.4. The lowest BCUT2D eigenvalue weighted by Gasteiger charge is -2.15. The molecule has 1 amide bonds. The van der Waals surface area contributed by atoms with Gasteiger partial charge in [-0.3, -0.25) is 5.32 Å². The average Bonchev–Trinajstić information content (AvgIpc) is 3.05. The topological polar surface area (TPSA) is 136 Å². The SMILES string of the molecule is NS(=O)(=O)c1cc(C(=O)O)c(NC(=O)OCC2c3ccccc3-c3ccccc32)cc1Cl. The molecule has 1 aliphatic rings. The van der Waals surface area contributed by atoms with Crippen LogP contribution in [0.5, 0.6) is 0 Å². The third-order valence-corrected chi connectivity index (χ3v) is 6.56. The monoisotopic (exact) mass is 472 g/mol. The summed E-state index contributed by atoms with van der Waals surface area (Å²) < 4.78 is 28.6. The van der Waals surface area contributed by atoms with Crippen LogP contribution < -0.4 is 10.5 Å². The molecule has 10 heteroatoms. The molecule has 0 aliphatic heterocycles. The van der Waals surface area contributed by atoms with Crippen molar-refractivity contribution in [2.75, 3.05) is 11.9 Å². The quantitative estimate of drug-likeness (QED) is 0.512. The van der Waals surface area contributed by atoms with Crippen LogP contribution in [0.25, 0.3) is 11.1 Å².